The number of carbonyl (C=O) groups excluding carboxylic acids is 1. The molecule has 1 unspecified atom stereocenters. The number of nitrogens with one attached hydrogen (secondary N) is 1. The van der Waals surface area contributed by atoms with Crippen molar-refractivity contribution >= 4 is 6.09 Å². The van der Waals surface area contributed by atoms with Gasteiger partial charge < -0.3 is 10.1 Å². The summed E-state index contributed by atoms with van der Waals surface area (Å²) in [5.74, 6) is -0.895. The molecule has 4 nitrogen and oxygen atoms in total. The lowest BCUT2D eigenvalue weighted by Crippen LogP contribution is -2.34. The molecule has 0 saturated carbocycles. The van der Waals surface area contributed by atoms with E-state index in [4.69, 9.17) is 10.00 Å². The van der Waals surface area contributed by atoms with Crippen LogP contribution in [0.5, 0.6) is 0 Å². The average molecular weight is 264 g/mol. The van der Waals surface area contributed by atoms with Crippen LogP contribution >= 0.6 is 0 Å². The fourth-order valence-corrected chi connectivity index (χ4v) is 1.43. The number of alkyl carbamates (subject to hydrolysis) is 1. The molecule has 5 heteroatoms. The Labute approximate surface area is 112 Å². The number of ether oxygens (including phenoxy) is 1. The van der Waals surface area contributed by atoms with Crippen molar-refractivity contribution in [3.63, 3.8) is 0 Å². The van der Waals surface area contributed by atoms with Gasteiger partial charge in [0, 0.05) is 6.54 Å². The van der Waals surface area contributed by atoms with Crippen LogP contribution in [0.1, 0.15) is 32.3 Å². The van der Waals surface area contributed by atoms with Crippen molar-refractivity contribution in [3.05, 3.63) is 35.6 Å². The van der Waals surface area contributed by atoms with E-state index in [2.05, 4.69) is 11.4 Å². The van der Waals surface area contributed by atoms with Crippen molar-refractivity contribution in [3.8, 4) is 6.07 Å². The molecule has 0 aliphatic heterocycles. The highest BCUT2D eigenvalue weighted by Crippen LogP contribution is 2.15. The zero-order chi connectivity index (χ0) is 14.5. The summed E-state index contributed by atoms with van der Waals surface area (Å²) in [6.45, 7) is 5.40. The standard InChI is InChI=1S/C14H17FN2O2/c1-14(2,3)19-13(18)17-9-11(8-16)10-4-6-12(15)7-5-10/h4-7,11H,9H2,1-3H3,(H,17,18). The Kier molecular flexibility index (Phi) is 4.87. The molecule has 1 rings (SSSR count). The molecule has 0 bridgehead atoms. The predicted octanol–water partition coefficient (Wildman–Crippen LogP) is 2.96. The molecule has 0 fully saturated rings. The van der Waals surface area contributed by atoms with Crippen LogP contribution in [-0.2, 0) is 4.74 Å². The molecule has 19 heavy (non-hydrogen) atoms. The summed E-state index contributed by atoms with van der Waals surface area (Å²) >= 11 is 0. The molecule has 0 aromatic heterocycles. The van der Waals surface area contributed by atoms with Gasteiger partial charge in [-0.2, -0.15) is 5.26 Å². The molecule has 1 aromatic carbocycles. The molecule has 0 aliphatic carbocycles. The first-order chi connectivity index (χ1) is 8.81. The Morgan fingerprint density at radius 1 is 1.42 bits per heavy atom. The first-order valence-corrected chi connectivity index (χ1v) is 5.94. The average Bonchev–Trinajstić information content (AvgIpc) is 2.29. The summed E-state index contributed by atoms with van der Waals surface area (Å²) in [6.07, 6.45) is -0.574. The minimum atomic E-state index is -0.581. The zero-order valence-electron chi connectivity index (χ0n) is 11.2. The first-order valence-electron chi connectivity index (χ1n) is 5.94. The monoisotopic (exact) mass is 264 g/mol. The normalized spacial score (nSPS) is 12.4. The van der Waals surface area contributed by atoms with E-state index in [1.54, 1.807) is 20.8 Å². The number of nitriles is 1. The first kappa shape index (κ1) is 15.0. The van der Waals surface area contributed by atoms with Crippen LogP contribution in [0.4, 0.5) is 9.18 Å². The lowest BCUT2D eigenvalue weighted by atomic mass is 10.0. The minimum absolute atomic E-state index is 0.122. The van der Waals surface area contributed by atoms with Crippen LogP contribution in [0.2, 0.25) is 0 Å². The van der Waals surface area contributed by atoms with Crippen LogP contribution in [0.3, 0.4) is 0 Å². The highest BCUT2D eigenvalue weighted by atomic mass is 19.1. The van der Waals surface area contributed by atoms with Crippen molar-refractivity contribution in [2.24, 2.45) is 0 Å². The SMILES string of the molecule is CC(C)(C)OC(=O)NCC(C#N)c1ccc(F)cc1. The molecule has 1 atom stereocenters. The lowest BCUT2D eigenvalue weighted by Gasteiger charge is -2.20. The van der Waals surface area contributed by atoms with Crippen LogP contribution < -0.4 is 5.32 Å². The van der Waals surface area contributed by atoms with Gasteiger partial charge in [0.15, 0.2) is 0 Å². The number of rotatable bonds is 3. The van der Waals surface area contributed by atoms with Gasteiger partial charge in [-0.15, -0.1) is 0 Å². The summed E-state index contributed by atoms with van der Waals surface area (Å²) in [7, 11) is 0. The number of hydrogen-bond acceptors (Lipinski definition) is 3. The van der Waals surface area contributed by atoms with Crippen molar-refractivity contribution in [1.82, 2.24) is 5.32 Å². The van der Waals surface area contributed by atoms with Gasteiger partial charge in [0.05, 0.1) is 12.0 Å². The summed E-state index contributed by atoms with van der Waals surface area (Å²) in [6, 6.07) is 7.69. The molecule has 1 amide bonds. The fraction of sp³-hybridized carbons (Fsp3) is 0.429. The number of carbonyl (C=O) groups is 1. The van der Waals surface area contributed by atoms with E-state index in [-0.39, 0.29) is 12.4 Å². The maximum atomic E-state index is 12.8. The highest BCUT2D eigenvalue weighted by Gasteiger charge is 2.18. The maximum Gasteiger partial charge on any atom is 0.407 e. The zero-order valence-corrected chi connectivity index (χ0v) is 11.2. The second kappa shape index (κ2) is 6.19. The van der Waals surface area contributed by atoms with Gasteiger partial charge in [0.25, 0.3) is 0 Å². The van der Waals surface area contributed by atoms with E-state index in [0.29, 0.717) is 5.56 Å². The summed E-state index contributed by atoms with van der Waals surface area (Å²) < 4.78 is 17.8. The maximum absolute atomic E-state index is 12.8. The van der Waals surface area contributed by atoms with Crippen LogP contribution in [0, 0.1) is 17.1 Å². The van der Waals surface area contributed by atoms with Crippen molar-refractivity contribution in [2.75, 3.05) is 6.54 Å². The summed E-state index contributed by atoms with van der Waals surface area (Å²) in [5.41, 5.74) is 0.0715. The minimum Gasteiger partial charge on any atom is -0.444 e. The summed E-state index contributed by atoms with van der Waals surface area (Å²) in [5, 5.41) is 11.6. The second-order valence-corrected chi connectivity index (χ2v) is 5.12. The van der Waals surface area contributed by atoms with E-state index in [1.807, 2.05) is 0 Å². The number of nitrogens with zero attached hydrogens (tertiary/aromatic N) is 1. The van der Waals surface area contributed by atoms with Gasteiger partial charge in [0.1, 0.15) is 11.4 Å². The van der Waals surface area contributed by atoms with E-state index in [0.717, 1.165) is 0 Å². The molecule has 1 N–H and O–H groups in total. The molecule has 102 valence electrons. The molecule has 0 spiro atoms. The number of amides is 1. The molecular weight excluding hydrogens is 247 g/mol. The van der Waals surface area contributed by atoms with Gasteiger partial charge in [-0.1, -0.05) is 12.1 Å². The number of halogens is 1. The van der Waals surface area contributed by atoms with Gasteiger partial charge in [0.2, 0.25) is 0 Å². The fourth-order valence-electron chi connectivity index (χ4n) is 1.43. The van der Waals surface area contributed by atoms with Crippen molar-refractivity contribution in [1.29, 1.82) is 5.26 Å². The summed E-state index contributed by atoms with van der Waals surface area (Å²) in [4.78, 5) is 11.5. The van der Waals surface area contributed by atoms with E-state index >= 15 is 0 Å². The van der Waals surface area contributed by atoms with Crippen molar-refractivity contribution in [2.45, 2.75) is 32.3 Å². The largest absolute Gasteiger partial charge is 0.444 e. The van der Waals surface area contributed by atoms with Gasteiger partial charge in [-0.05, 0) is 38.5 Å². The molecular formula is C14H17FN2O2. The highest BCUT2D eigenvalue weighted by molar-refractivity contribution is 5.67. The van der Waals surface area contributed by atoms with Crippen molar-refractivity contribution < 1.29 is 13.9 Å². The van der Waals surface area contributed by atoms with E-state index < -0.39 is 17.6 Å². The third kappa shape index (κ3) is 5.38. The predicted molar refractivity (Wildman–Crippen MR) is 69.0 cm³/mol. The Morgan fingerprint density at radius 2 is 2.00 bits per heavy atom. The Bertz CT molecular complexity index is 472. The van der Waals surface area contributed by atoms with Crippen LogP contribution in [0.25, 0.3) is 0 Å². The Balaban J connectivity index is 2.57. The van der Waals surface area contributed by atoms with Crippen LogP contribution in [-0.4, -0.2) is 18.2 Å². The quantitative estimate of drug-likeness (QED) is 0.913. The molecule has 0 aliphatic rings. The van der Waals surface area contributed by atoms with Crippen LogP contribution in [0.15, 0.2) is 24.3 Å². The molecule has 1 aromatic rings. The topological polar surface area (TPSA) is 62.1 Å². The second-order valence-electron chi connectivity index (χ2n) is 5.12. The third-order valence-corrected chi connectivity index (χ3v) is 2.28. The van der Waals surface area contributed by atoms with Gasteiger partial charge in [-0.3, -0.25) is 0 Å². The smallest absolute Gasteiger partial charge is 0.407 e. The van der Waals surface area contributed by atoms with Gasteiger partial charge >= 0.3 is 6.09 Å². The van der Waals surface area contributed by atoms with E-state index in [1.165, 1.54) is 24.3 Å². The molecule has 0 saturated heterocycles. The molecule has 0 radical (unpaired) electrons. The number of benzene rings is 1. The Hall–Kier alpha value is -2.09. The van der Waals surface area contributed by atoms with E-state index in [9.17, 15) is 9.18 Å². The van der Waals surface area contributed by atoms with Gasteiger partial charge in [-0.25, -0.2) is 9.18 Å². The third-order valence-electron chi connectivity index (χ3n) is 2.28. The molecule has 0 heterocycles. The Morgan fingerprint density at radius 3 is 2.47 bits per heavy atom. The lowest BCUT2D eigenvalue weighted by molar-refractivity contribution is 0.0527. The number of hydrogen-bond donors (Lipinski definition) is 1.